The molecule has 0 saturated heterocycles. The van der Waals surface area contributed by atoms with E-state index < -0.39 is 0 Å². The minimum Gasteiger partial charge on any atom is -0.462 e. The molecule has 0 bridgehead atoms. The van der Waals surface area contributed by atoms with Crippen molar-refractivity contribution in [2.45, 2.75) is 41.5 Å². The van der Waals surface area contributed by atoms with E-state index in [9.17, 15) is 4.79 Å². The lowest BCUT2D eigenvalue weighted by atomic mass is 9.92. The molecule has 0 saturated carbocycles. The van der Waals surface area contributed by atoms with Crippen molar-refractivity contribution in [3.8, 4) is 11.1 Å². The molecule has 116 valence electrons. The number of carbonyl (C=O) groups is 1. The fourth-order valence-electron chi connectivity index (χ4n) is 2.86. The van der Waals surface area contributed by atoms with Crippen molar-refractivity contribution in [1.29, 1.82) is 0 Å². The van der Waals surface area contributed by atoms with Gasteiger partial charge in [-0.1, -0.05) is 24.3 Å². The maximum atomic E-state index is 12.1. The van der Waals surface area contributed by atoms with Gasteiger partial charge in [0, 0.05) is 0 Å². The number of carbonyl (C=O) groups excluding carboxylic acids is 1. The largest absolute Gasteiger partial charge is 0.462 e. The monoisotopic (exact) mass is 296 g/mol. The van der Waals surface area contributed by atoms with Crippen LogP contribution in [0.1, 0.15) is 45.1 Å². The molecule has 0 radical (unpaired) electrons. The van der Waals surface area contributed by atoms with Gasteiger partial charge in [-0.05, 0) is 80.5 Å². The fourth-order valence-corrected chi connectivity index (χ4v) is 2.86. The maximum absolute atomic E-state index is 12.1. The van der Waals surface area contributed by atoms with E-state index in [4.69, 9.17) is 4.74 Å². The lowest BCUT2D eigenvalue weighted by Crippen LogP contribution is -2.09. The molecule has 0 unspecified atom stereocenters. The van der Waals surface area contributed by atoms with Crippen LogP contribution in [0.15, 0.2) is 24.3 Å². The van der Waals surface area contributed by atoms with Gasteiger partial charge in [0.25, 0.3) is 0 Å². The second-order valence-electron chi connectivity index (χ2n) is 5.94. The third-order valence-electron chi connectivity index (χ3n) is 4.27. The summed E-state index contributed by atoms with van der Waals surface area (Å²) in [6.45, 7) is 12.6. The Morgan fingerprint density at radius 1 is 0.818 bits per heavy atom. The van der Waals surface area contributed by atoms with E-state index in [1.807, 2.05) is 20.8 Å². The van der Waals surface area contributed by atoms with E-state index in [2.05, 4.69) is 45.0 Å². The smallest absolute Gasteiger partial charge is 0.338 e. The first kappa shape index (κ1) is 16.3. The second kappa shape index (κ2) is 6.35. The first-order valence-corrected chi connectivity index (χ1v) is 7.71. The van der Waals surface area contributed by atoms with Crippen molar-refractivity contribution in [3.05, 3.63) is 57.6 Å². The summed E-state index contributed by atoms with van der Waals surface area (Å²) in [5.41, 5.74) is 8.87. The average molecular weight is 296 g/mol. The van der Waals surface area contributed by atoms with Crippen molar-refractivity contribution in [2.24, 2.45) is 0 Å². The SMILES string of the molecule is CCOC(=O)c1c(C)cc(-c2cc(C)c(C)c(C)c2)cc1C. The molecule has 0 amide bonds. The lowest BCUT2D eigenvalue weighted by Gasteiger charge is -2.14. The van der Waals surface area contributed by atoms with Crippen LogP contribution in [0.5, 0.6) is 0 Å². The molecule has 0 aliphatic rings. The molecule has 22 heavy (non-hydrogen) atoms. The van der Waals surface area contributed by atoms with Crippen LogP contribution in [-0.4, -0.2) is 12.6 Å². The molecule has 0 aromatic heterocycles. The van der Waals surface area contributed by atoms with Crippen LogP contribution in [0.2, 0.25) is 0 Å². The number of esters is 1. The predicted molar refractivity (Wildman–Crippen MR) is 91.5 cm³/mol. The Hall–Kier alpha value is -2.09. The van der Waals surface area contributed by atoms with Crippen molar-refractivity contribution < 1.29 is 9.53 Å². The molecule has 2 aromatic rings. The zero-order valence-electron chi connectivity index (χ0n) is 14.3. The van der Waals surface area contributed by atoms with Crippen molar-refractivity contribution in [3.63, 3.8) is 0 Å². The Kier molecular flexibility index (Phi) is 4.70. The van der Waals surface area contributed by atoms with Crippen LogP contribution >= 0.6 is 0 Å². The minimum absolute atomic E-state index is 0.236. The summed E-state index contributed by atoms with van der Waals surface area (Å²) in [6, 6.07) is 8.56. The third kappa shape index (κ3) is 3.06. The molecule has 0 aliphatic carbocycles. The Bertz CT molecular complexity index is 680. The van der Waals surface area contributed by atoms with Gasteiger partial charge >= 0.3 is 5.97 Å². The summed E-state index contributed by atoms with van der Waals surface area (Å²) >= 11 is 0. The highest BCUT2D eigenvalue weighted by Gasteiger charge is 2.15. The number of hydrogen-bond acceptors (Lipinski definition) is 2. The lowest BCUT2D eigenvalue weighted by molar-refractivity contribution is 0.0524. The van der Waals surface area contributed by atoms with Crippen LogP contribution in [-0.2, 0) is 4.74 Å². The Labute approximate surface area is 133 Å². The zero-order valence-corrected chi connectivity index (χ0v) is 14.3. The molecule has 2 heteroatoms. The highest BCUT2D eigenvalue weighted by atomic mass is 16.5. The molecule has 0 aliphatic heterocycles. The first-order chi connectivity index (χ1) is 10.3. The molecule has 0 heterocycles. The molecular weight excluding hydrogens is 272 g/mol. The summed E-state index contributed by atoms with van der Waals surface area (Å²) in [7, 11) is 0. The topological polar surface area (TPSA) is 26.3 Å². The first-order valence-electron chi connectivity index (χ1n) is 7.71. The van der Waals surface area contributed by atoms with Gasteiger partial charge in [-0.25, -0.2) is 4.79 Å². The maximum Gasteiger partial charge on any atom is 0.338 e. The highest BCUT2D eigenvalue weighted by Crippen LogP contribution is 2.28. The zero-order chi connectivity index (χ0) is 16.4. The van der Waals surface area contributed by atoms with Crippen LogP contribution in [0.25, 0.3) is 11.1 Å². The molecule has 0 fully saturated rings. The van der Waals surface area contributed by atoms with Gasteiger partial charge in [0.2, 0.25) is 0 Å². The van der Waals surface area contributed by atoms with Crippen LogP contribution < -0.4 is 0 Å². The summed E-state index contributed by atoms with van der Waals surface area (Å²) in [6.07, 6.45) is 0. The van der Waals surface area contributed by atoms with E-state index in [-0.39, 0.29) is 5.97 Å². The predicted octanol–water partition coefficient (Wildman–Crippen LogP) is 5.07. The van der Waals surface area contributed by atoms with Gasteiger partial charge in [-0.2, -0.15) is 0 Å². The van der Waals surface area contributed by atoms with E-state index in [0.717, 1.165) is 16.7 Å². The van der Waals surface area contributed by atoms with E-state index >= 15 is 0 Å². The molecule has 0 atom stereocenters. The van der Waals surface area contributed by atoms with Gasteiger partial charge in [-0.15, -0.1) is 0 Å². The van der Waals surface area contributed by atoms with Gasteiger partial charge in [0.05, 0.1) is 12.2 Å². The summed E-state index contributed by atoms with van der Waals surface area (Å²) in [4.78, 5) is 12.1. The van der Waals surface area contributed by atoms with Crippen LogP contribution in [0, 0.1) is 34.6 Å². The number of hydrogen-bond donors (Lipinski definition) is 0. The third-order valence-corrected chi connectivity index (χ3v) is 4.27. The van der Waals surface area contributed by atoms with Crippen LogP contribution in [0.4, 0.5) is 0 Å². The molecular formula is C20H24O2. The van der Waals surface area contributed by atoms with E-state index in [0.29, 0.717) is 12.2 Å². The molecule has 2 aromatic carbocycles. The summed E-state index contributed by atoms with van der Waals surface area (Å²) < 4.78 is 5.15. The molecule has 2 nitrogen and oxygen atoms in total. The number of benzene rings is 2. The quantitative estimate of drug-likeness (QED) is 0.739. The number of ether oxygens (including phenoxy) is 1. The van der Waals surface area contributed by atoms with Crippen molar-refractivity contribution in [2.75, 3.05) is 6.61 Å². The summed E-state index contributed by atoms with van der Waals surface area (Å²) in [5.74, 6) is -0.236. The van der Waals surface area contributed by atoms with Crippen LogP contribution in [0.3, 0.4) is 0 Å². The van der Waals surface area contributed by atoms with Gasteiger partial charge in [-0.3, -0.25) is 0 Å². The molecule has 2 rings (SSSR count). The Balaban J connectivity index is 2.53. The Morgan fingerprint density at radius 2 is 1.23 bits per heavy atom. The molecule has 0 spiro atoms. The number of rotatable bonds is 3. The standard InChI is InChI=1S/C20H24O2/c1-7-22-20(21)19-14(4)10-18(11-15(19)5)17-8-12(2)16(6)13(3)9-17/h8-11H,7H2,1-6H3. The normalized spacial score (nSPS) is 10.6. The minimum atomic E-state index is -0.236. The van der Waals surface area contributed by atoms with Crippen molar-refractivity contribution in [1.82, 2.24) is 0 Å². The van der Waals surface area contributed by atoms with Gasteiger partial charge in [0.1, 0.15) is 0 Å². The molecule has 0 N–H and O–H groups in total. The highest BCUT2D eigenvalue weighted by molar-refractivity contribution is 5.93. The second-order valence-corrected chi connectivity index (χ2v) is 5.94. The van der Waals surface area contributed by atoms with E-state index in [1.165, 1.54) is 22.3 Å². The van der Waals surface area contributed by atoms with Gasteiger partial charge < -0.3 is 4.74 Å². The number of aryl methyl sites for hydroxylation is 4. The fraction of sp³-hybridized carbons (Fsp3) is 0.350. The Morgan fingerprint density at radius 3 is 1.64 bits per heavy atom. The van der Waals surface area contributed by atoms with E-state index in [1.54, 1.807) is 0 Å². The van der Waals surface area contributed by atoms with Crippen molar-refractivity contribution >= 4 is 5.97 Å². The summed E-state index contributed by atoms with van der Waals surface area (Å²) in [5, 5.41) is 0. The average Bonchev–Trinajstić information content (AvgIpc) is 2.43. The van der Waals surface area contributed by atoms with Gasteiger partial charge in [0.15, 0.2) is 0 Å².